The van der Waals surface area contributed by atoms with Gasteiger partial charge in [-0.25, -0.2) is 0 Å². The summed E-state index contributed by atoms with van der Waals surface area (Å²) in [6.07, 6.45) is 0. The standard InChI is InChI=1S/C17H17BrO3/c1-3-20-16-7-5-4-6-13(16)15(19)11-21-17-9-8-12(2)10-14(17)18/h4-10H,3,11H2,1-2H3. The topological polar surface area (TPSA) is 35.5 Å². The van der Waals surface area contributed by atoms with Crippen LogP contribution in [0, 0.1) is 6.92 Å². The summed E-state index contributed by atoms with van der Waals surface area (Å²) in [5, 5.41) is 0. The highest BCUT2D eigenvalue weighted by molar-refractivity contribution is 9.10. The number of para-hydroxylation sites is 1. The van der Waals surface area contributed by atoms with Crippen LogP contribution in [0.1, 0.15) is 22.8 Å². The number of benzene rings is 2. The molecule has 0 aromatic heterocycles. The second-order valence-corrected chi connectivity index (χ2v) is 5.43. The molecule has 0 heterocycles. The third-order valence-electron chi connectivity index (χ3n) is 2.93. The van der Waals surface area contributed by atoms with E-state index in [1.54, 1.807) is 12.1 Å². The van der Waals surface area contributed by atoms with E-state index in [0.29, 0.717) is 23.7 Å². The quantitative estimate of drug-likeness (QED) is 0.725. The summed E-state index contributed by atoms with van der Waals surface area (Å²) in [5.41, 5.74) is 1.67. The highest BCUT2D eigenvalue weighted by Gasteiger charge is 2.13. The summed E-state index contributed by atoms with van der Waals surface area (Å²) >= 11 is 3.43. The van der Waals surface area contributed by atoms with E-state index in [4.69, 9.17) is 9.47 Å². The average molecular weight is 349 g/mol. The van der Waals surface area contributed by atoms with Gasteiger partial charge in [0.05, 0.1) is 16.6 Å². The highest BCUT2D eigenvalue weighted by Crippen LogP contribution is 2.26. The normalized spacial score (nSPS) is 10.2. The zero-order valence-electron chi connectivity index (χ0n) is 12.1. The molecule has 0 N–H and O–H groups in total. The lowest BCUT2D eigenvalue weighted by molar-refractivity contribution is 0.0917. The van der Waals surface area contributed by atoms with Crippen LogP contribution in [-0.4, -0.2) is 19.0 Å². The first kappa shape index (κ1) is 15.6. The molecule has 0 bridgehead atoms. The minimum Gasteiger partial charge on any atom is -0.493 e. The fraction of sp³-hybridized carbons (Fsp3) is 0.235. The predicted octanol–water partition coefficient (Wildman–Crippen LogP) is 4.42. The van der Waals surface area contributed by atoms with Gasteiger partial charge in [0.2, 0.25) is 5.78 Å². The van der Waals surface area contributed by atoms with E-state index in [9.17, 15) is 4.79 Å². The Bertz CT molecular complexity index is 638. The Kier molecular flexibility index (Phi) is 5.39. The van der Waals surface area contributed by atoms with Crippen LogP contribution in [-0.2, 0) is 0 Å². The average Bonchev–Trinajstić information content (AvgIpc) is 2.47. The van der Waals surface area contributed by atoms with Gasteiger partial charge in [0.25, 0.3) is 0 Å². The van der Waals surface area contributed by atoms with E-state index < -0.39 is 0 Å². The maximum atomic E-state index is 12.3. The predicted molar refractivity (Wildman–Crippen MR) is 86.3 cm³/mol. The molecule has 0 aliphatic rings. The molecule has 2 rings (SSSR count). The number of carbonyl (C=O) groups is 1. The maximum absolute atomic E-state index is 12.3. The molecule has 0 aliphatic carbocycles. The molecule has 2 aromatic rings. The van der Waals surface area contributed by atoms with Crippen molar-refractivity contribution in [2.45, 2.75) is 13.8 Å². The van der Waals surface area contributed by atoms with Crippen molar-refractivity contribution in [3.8, 4) is 11.5 Å². The maximum Gasteiger partial charge on any atom is 0.203 e. The Morgan fingerprint density at radius 2 is 1.86 bits per heavy atom. The van der Waals surface area contributed by atoms with Crippen molar-refractivity contribution in [2.75, 3.05) is 13.2 Å². The molecule has 2 aromatic carbocycles. The molecule has 21 heavy (non-hydrogen) atoms. The van der Waals surface area contributed by atoms with E-state index in [1.807, 2.05) is 44.2 Å². The smallest absolute Gasteiger partial charge is 0.203 e. The number of aryl methyl sites for hydroxylation is 1. The molecule has 0 amide bonds. The number of hydrogen-bond donors (Lipinski definition) is 0. The second-order valence-electron chi connectivity index (χ2n) is 4.57. The number of Topliss-reactive ketones (excluding diaryl/α,β-unsaturated/α-hetero) is 1. The van der Waals surface area contributed by atoms with Crippen molar-refractivity contribution >= 4 is 21.7 Å². The number of rotatable bonds is 6. The zero-order valence-corrected chi connectivity index (χ0v) is 13.6. The van der Waals surface area contributed by atoms with Crippen LogP contribution in [0.2, 0.25) is 0 Å². The summed E-state index contributed by atoms with van der Waals surface area (Å²) in [6, 6.07) is 12.9. The lowest BCUT2D eigenvalue weighted by Crippen LogP contribution is -2.13. The van der Waals surface area contributed by atoms with Gasteiger partial charge >= 0.3 is 0 Å². The molecular weight excluding hydrogens is 332 g/mol. The fourth-order valence-corrected chi connectivity index (χ4v) is 2.53. The van der Waals surface area contributed by atoms with Crippen LogP contribution < -0.4 is 9.47 Å². The van der Waals surface area contributed by atoms with Gasteiger partial charge in [-0.3, -0.25) is 4.79 Å². The van der Waals surface area contributed by atoms with Gasteiger partial charge in [-0.05, 0) is 59.6 Å². The summed E-state index contributed by atoms with van der Waals surface area (Å²) in [5.74, 6) is 1.14. The van der Waals surface area contributed by atoms with E-state index in [1.165, 1.54) is 0 Å². The van der Waals surface area contributed by atoms with E-state index in [2.05, 4.69) is 15.9 Å². The van der Waals surface area contributed by atoms with Gasteiger partial charge in [-0.1, -0.05) is 18.2 Å². The lowest BCUT2D eigenvalue weighted by Gasteiger charge is -2.11. The number of halogens is 1. The molecule has 0 unspecified atom stereocenters. The molecule has 0 saturated heterocycles. The molecular formula is C17H17BrO3. The summed E-state index contributed by atoms with van der Waals surface area (Å²) in [4.78, 5) is 12.3. The lowest BCUT2D eigenvalue weighted by atomic mass is 10.1. The van der Waals surface area contributed by atoms with Crippen molar-refractivity contribution in [1.82, 2.24) is 0 Å². The Balaban J connectivity index is 2.08. The van der Waals surface area contributed by atoms with Crippen molar-refractivity contribution in [3.63, 3.8) is 0 Å². The summed E-state index contributed by atoms with van der Waals surface area (Å²) < 4.78 is 11.9. The minimum absolute atomic E-state index is 0.0221. The third-order valence-corrected chi connectivity index (χ3v) is 3.55. The van der Waals surface area contributed by atoms with Crippen LogP contribution in [0.15, 0.2) is 46.9 Å². The zero-order chi connectivity index (χ0) is 15.2. The summed E-state index contributed by atoms with van der Waals surface area (Å²) in [6.45, 7) is 4.39. The van der Waals surface area contributed by atoms with Crippen molar-refractivity contribution in [1.29, 1.82) is 0 Å². The van der Waals surface area contributed by atoms with E-state index in [0.717, 1.165) is 10.0 Å². The molecule has 0 fully saturated rings. The molecule has 0 atom stereocenters. The number of ether oxygens (including phenoxy) is 2. The van der Waals surface area contributed by atoms with Crippen LogP contribution in [0.25, 0.3) is 0 Å². The van der Waals surface area contributed by atoms with Crippen molar-refractivity contribution < 1.29 is 14.3 Å². The minimum atomic E-state index is -0.105. The van der Waals surface area contributed by atoms with Crippen LogP contribution in [0.4, 0.5) is 0 Å². The second kappa shape index (κ2) is 7.27. The molecule has 0 saturated carbocycles. The third kappa shape index (κ3) is 4.08. The van der Waals surface area contributed by atoms with Gasteiger partial charge in [-0.15, -0.1) is 0 Å². The Morgan fingerprint density at radius 1 is 1.10 bits per heavy atom. The highest BCUT2D eigenvalue weighted by atomic mass is 79.9. The molecule has 4 heteroatoms. The molecule has 0 spiro atoms. The first-order valence-electron chi connectivity index (χ1n) is 6.75. The Hall–Kier alpha value is -1.81. The first-order valence-corrected chi connectivity index (χ1v) is 7.55. The monoisotopic (exact) mass is 348 g/mol. The van der Waals surface area contributed by atoms with Gasteiger partial charge < -0.3 is 9.47 Å². The molecule has 110 valence electrons. The van der Waals surface area contributed by atoms with Crippen molar-refractivity contribution in [3.05, 3.63) is 58.1 Å². The van der Waals surface area contributed by atoms with Gasteiger partial charge in [-0.2, -0.15) is 0 Å². The largest absolute Gasteiger partial charge is 0.493 e. The Labute approximate surface area is 133 Å². The van der Waals surface area contributed by atoms with Crippen LogP contribution >= 0.6 is 15.9 Å². The van der Waals surface area contributed by atoms with Gasteiger partial charge in [0, 0.05) is 0 Å². The Morgan fingerprint density at radius 3 is 2.57 bits per heavy atom. The number of carbonyl (C=O) groups excluding carboxylic acids is 1. The number of ketones is 1. The molecule has 0 radical (unpaired) electrons. The van der Waals surface area contributed by atoms with E-state index in [-0.39, 0.29) is 12.4 Å². The van der Waals surface area contributed by atoms with Crippen LogP contribution in [0.3, 0.4) is 0 Å². The first-order chi connectivity index (χ1) is 10.1. The van der Waals surface area contributed by atoms with Gasteiger partial charge in [0.15, 0.2) is 6.61 Å². The SMILES string of the molecule is CCOc1ccccc1C(=O)COc1ccc(C)cc1Br. The van der Waals surface area contributed by atoms with Crippen molar-refractivity contribution in [2.24, 2.45) is 0 Å². The van der Waals surface area contributed by atoms with Crippen LogP contribution in [0.5, 0.6) is 11.5 Å². The summed E-state index contributed by atoms with van der Waals surface area (Å²) in [7, 11) is 0. The fourth-order valence-electron chi connectivity index (χ4n) is 1.92. The molecule has 0 aliphatic heterocycles. The molecule has 3 nitrogen and oxygen atoms in total. The number of hydrogen-bond acceptors (Lipinski definition) is 3. The van der Waals surface area contributed by atoms with E-state index >= 15 is 0 Å². The van der Waals surface area contributed by atoms with Gasteiger partial charge in [0.1, 0.15) is 11.5 Å².